The predicted molar refractivity (Wildman–Crippen MR) is 78.2 cm³/mol. The summed E-state index contributed by atoms with van der Waals surface area (Å²) >= 11 is 0. The minimum Gasteiger partial charge on any atom is -0.444 e. The van der Waals surface area contributed by atoms with Crippen LogP contribution in [-0.2, 0) is 4.74 Å². The van der Waals surface area contributed by atoms with E-state index >= 15 is 0 Å². The lowest BCUT2D eigenvalue weighted by atomic mass is 9.48. The Morgan fingerprint density at radius 1 is 1.25 bits per heavy atom. The van der Waals surface area contributed by atoms with Gasteiger partial charge in [0.25, 0.3) is 0 Å². The highest BCUT2D eigenvalue weighted by molar-refractivity contribution is 5.68. The number of alkyl carbamates (subject to hydrolysis) is 1. The number of hydrogen-bond acceptors (Lipinski definition) is 3. The van der Waals surface area contributed by atoms with Crippen LogP contribution in [0.1, 0.15) is 52.9 Å². The van der Waals surface area contributed by atoms with E-state index in [1.807, 2.05) is 20.8 Å². The summed E-state index contributed by atoms with van der Waals surface area (Å²) < 4.78 is 5.42. The molecule has 5 atom stereocenters. The van der Waals surface area contributed by atoms with E-state index in [1.165, 1.54) is 32.1 Å². The Balaban J connectivity index is 1.67. The predicted octanol–water partition coefficient (Wildman–Crippen LogP) is 2.66. The van der Waals surface area contributed by atoms with Crippen LogP contribution in [0.4, 0.5) is 4.79 Å². The Morgan fingerprint density at radius 2 is 1.85 bits per heavy atom. The quantitative estimate of drug-likeness (QED) is 0.817. The van der Waals surface area contributed by atoms with Gasteiger partial charge in [-0.15, -0.1) is 0 Å². The fourth-order valence-electron chi connectivity index (χ4n) is 5.12. The third-order valence-electron chi connectivity index (χ3n) is 5.52. The standard InChI is InChI=1S/C16H28N2O2/c1-15(2,3)20-14(19)18-13-11-4-10-5-12(13)8-16(6-10,7-11)9-17/h10-13H,4-9,17H2,1-3H3,(H,18,19)/t10?,11-,12+,13?,16?. The second-order valence-electron chi connectivity index (χ2n) is 8.35. The van der Waals surface area contributed by atoms with Crippen molar-refractivity contribution in [3.8, 4) is 0 Å². The summed E-state index contributed by atoms with van der Waals surface area (Å²) in [6, 6.07) is 0.307. The first-order valence-electron chi connectivity index (χ1n) is 8.00. The van der Waals surface area contributed by atoms with E-state index in [4.69, 9.17) is 10.5 Å². The molecule has 4 aliphatic carbocycles. The molecule has 3 unspecified atom stereocenters. The molecule has 4 aliphatic rings. The summed E-state index contributed by atoms with van der Waals surface area (Å²) in [7, 11) is 0. The largest absolute Gasteiger partial charge is 0.444 e. The van der Waals surface area contributed by atoms with Crippen molar-refractivity contribution in [2.24, 2.45) is 28.9 Å². The summed E-state index contributed by atoms with van der Waals surface area (Å²) in [5, 5.41) is 3.16. The SMILES string of the molecule is CC(C)(C)OC(=O)NC1[C@@H]2CC3C[C@H]1CC(CN)(C3)C2. The number of hydrogen-bond donors (Lipinski definition) is 2. The molecular formula is C16H28N2O2. The van der Waals surface area contributed by atoms with Gasteiger partial charge in [0.15, 0.2) is 0 Å². The van der Waals surface area contributed by atoms with E-state index in [2.05, 4.69) is 5.32 Å². The van der Waals surface area contributed by atoms with Gasteiger partial charge in [-0.25, -0.2) is 4.79 Å². The summed E-state index contributed by atoms with van der Waals surface area (Å²) in [6.45, 7) is 6.54. The summed E-state index contributed by atoms with van der Waals surface area (Å²) in [6.07, 6.45) is 5.97. The summed E-state index contributed by atoms with van der Waals surface area (Å²) in [5.74, 6) is 2.06. The van der Waals surface area contributed by atoms with Crippen molar-refractivity contribution in [3.05, 3.63) is 0 Å². The van der Waals surface area contributed by atoms with Gasteiger partial charge >= 0.3 is 6.09 Å². The maximum atomic E-state index is 12.0. The van der Waals surface area contributed by atoms with Gasteiger partial charge in [0.2, 0.25) is 0 Å². The second-order valence-corrected chi connectivity index (χ2v) is 8.35. The van der Waals surface area contributed by atoms with Gasteiger partial charge < -0.3 is 15.8 Å². The third kappa shape index (κ3) is 2.54. The summed E-state index contributed by atoms with van der Waals surface area (Å²) in [5.41, 5.74) is 6.00. The van der Waals surface area contributed by atoms with Crippen molar-refractivity contribution in [2.45, 2.75) is 64.5 Å². The average Bonchev–Trinajstić information content (AvgIpc) is 2.31. The molecule has 4 bridgehead atoms. The molecule has 4 saturated carbocycles. The zero-order valence-corrected chi connectivity index (χ0v) is 12.9. The van der Waals surface area contributed by atoms with Crippen LogP contribution in [0.5, 0.6) is 0 Å². The number of nitrogens with two attached hydrogens (primary N) is 1. The van der Waals surface area contributed by atoms with Gasteiger partial charge in [0.1, 0.15) is 5.60 Å². The van der Waals surface area contributed by atoms with Crippen LogP contribution in [-0.4, -0.2) is 24.3 Å². The molecule has 0 aromatic heterocycles. The second kappa shape index (κ2) is 4.62. The number of amides is 1. The van der Waals surface area contributed by atoms with Gasteiger partial charge in [-0.05, 0) is 82.6 Å². The van der Waals surface area contributed by atoms with Crippen molar-refractivity contribution >= 4 is 6.09 Å². The first-order valence-corrected chi connectivity index (χ1v) is 8.00. The highest BCUT2D eigenvalue weighted by atomic mass is 16.6. The normalized spacial score (nSPS) is 42.6. The number of nitrogens with one attached hydrogen (secondary N) is 1. The molecule has 0 radical (unpaired) electrons. The molecule has 20 heavy (non-hydrogen) atoms. The highest BCUT2D eigenvalue weighted by Crippen LogP contribution is 2.59. The first-order chi connectivity index (χ1) is 9.30. The zero-order chi connectivity index (χ0) is 14.5. The molecule has 114 valence electrons. The van der Waals surface area contributed by atoms with Crippen LogP contribution in [0.15, 0.2) is 0 Å². The van der Waals surface area contributed by atoms with Crippen LogP contribution >= 0.6 is 0 Å². The van der Waals surface area contributed by atoms with Crippen molar-refractivity contribution in [1.29, 1.82) is 0 Å². The van der Waals surface area contributed by atoms with Crippen molar-refractivity contribution in [1.82, 2.24) is 5.32 Å². The van der Waals surface area contributed by atoms with Crippen LogP contribution in [0.3, 0.4) is 0 Å². The maximum Gasteiger partial charge on any atom is 0.407 e. The van der Waals surface area contributed by atoms with Crippen LogP contribution in [0, 0.1) is 23.2 Å². The molecule has 0 aromatic rings. The van der Waals surface area contributed by atoms with E-state index in [1.54, 1.807) is 0 Å². The van der Waals surface area contributed by atoms with Gasteiger partial charge in [0.05, 0.1) is 0 Å². The maximum absolute atomic E-state index is 12.0. The fraction of sp³-hybridized carbons (Fsp3) is 0.938. The Bertz CT molecular complexity index is 386. The molecule has 1 amide bonds. The molecule has 4 heteroatoms. The summed E-state index contributed by atoms with van der Waals surface area (Å²) in [4.78, 5) is 12.0. The molecule has 3 N–H and O–H groups in total. The number of rotatable bonds is 2. The van der Waals surface area contributed by atoms with Gasteiger partial charge in [-0.3, -0.25) is 0 Å². The van der Waals surface area contributed by atoms with Crippen LogP contribution in [0.25, 0.3) is 0 Å². The smallest absolute Gasteiger partial charge is 0.407 e. The van der Waals surface area contributed by atoms with E-state index in [-0.39, 0.29) is 6.09 Å². The Kier molecular flexibility index (Phi) is 3.27. The third-order valence-corrected chi connectivity index (χ3v) is 5.52. The van der Waals surface area contributed by atoms with Gasteiger partial charge in [-0.1, -0.05) is 0 Å². The lowest BCUT2D eigenvalue weighted by Crippen LogP contribution is -2.61. The molecule has 0 heterocycles. The minimum absolute atomic E-state index is 0.253. The van der Waals surface area contributed by atoms with Gasteiger partial charge in [0, 0.05) is 6.04 Å². The van der Waals surface area contributed by atoms with Crippen LogP contribution in [0.2, 0.25) is 0 Å². The van der Waals surface area contributed by atoms with E-state index < -0.39 is 5.60 Å². The molecule has 4 fully saturated rings. The molecule has 0 saturated heterocycles. The average molecular weight is 280 g/mol. The molecule has 0 aromatic carbocycles. The Morgan fingerprint density at radius 3 is 2.35 bits per heavy atom. The Hall–Kier alpha value is -0.770. The number of carbonyl (C=O) groups excluding carboxylic acids is 1. The monoisotopic (exact) mass is 280 g/mol. The molecule has 4 rings (SSSR count). The van der Waals surface area contributed by atoms with E-state index in [9.17, 15) is 4.79 Å². The topological polar surface area (TPSA) is 64.3 Å². The van der Waals surface area contributed by atoms with E-state index in [0.29, 0.717) is 23.3 Å². The molecule has 0 aliphatic heterocycles. The van der Waals surface area contributed by atoms with Crippen LogP contribution < -0.4 is 11.1 Å². The van der Waals surface area contributed by atoms with Crippen molar-refractivity contribution in [3.63, 3.8) is 0 Å². The fourth-order valence-corrected chi connectivity index (χ4v) is 5.12. The Labute approximate surface area is 121 Å². The van der Waals surface area contributed by atoms with Crippen molar-refractivity contribution in [2.75, 3.05) is 6.54 Å². The van der Waals surface area contributed by atoms with Gasteiger partial charge in [-0.2, -0.15) is 0 Å². The zero-order valence-electron chi connectivity index (χ0n) is 12.9. The first kappa shape index (κ1) is 14.2. The lowest BCUT2D eigenvalue weighted by molar-refractivity contribution is -0.0722. The number of ether oxygens (including phenoxy) is 1. The molecule has 0 spiro atoms. The lowest BCUT2D eigenvalue weighted by Gasteiger charge is -2.59. The molecular weight excluding hydrogens is 252 g/mol. The van der Waals surface area contributed by atoms with Crippen molar-refractivity contribution < 1.29 is 9.53 Å². The highest BCUT2D eigenvalue weighted by Gasteiger charge is 2.55. The minimum atomic E-state index is -0.422. The number of carbonyl (C=O) groups is 1. The molecule has 4 nitrogen and oxygen atoms in total. The van der Waals surface area contributed by atoms with E-state index in [0.717, 1.165) is 12.5 Å².